The number of amides is 1. The highest BCUT2D eigenvalue weighted by Crippen LogP contribution is 2.27. The first-order chi connectivity index (χ1) is 14.5. The Labute approximate surface area is 174 Å². The van der Waals surface area contributed by atoms with Crippen LogP contribution in [0.15, 0.2) is 63.1 Å². The van der Waals surface area contributed by atoms with E-state index in [2.05, 4.69) is 5.32 Å². The molecule has 0 aliphatic rings. The van der Waals surface area contributed by atoms with Crippen molar-refractivity contribution in [2.75, 3.05) is 11.9 Å². The molecule has 4 rings (SSSR count). The molecule has 0 unspecified atom stereocenters. The first-order valence-electron chi connectivity index (χ1n) is 9.19. The molecule has 0 spiro atoms. The highest BCUT2D eigenvalue weighted by Gasteiger charge is 2.15. The van der Waals surface area contributed by atoms with Gasteiger partial charge in [0.1, 0.15) is 12.2 Å². The Kier molecular flexibility index (Phi) is 5.49. The Hall–Kier alpha value is -3.65. The summed E-state index contributed by atoms with van der Waals surface area (Å²) in [6.07, 6.45) is -0.604. The Morgan fingerprint density at radius 2 is 1.90 bits per heavy atom. The second kappa shape index (κ2) is 8.38. The van der Waals surface area contributed by atoms with Gasteiger partial charge in [0.25, 0.3) is 0 Å². The zero-order chi connectivity index (χ0) is 21.1. The van der Waals surface area contributed by atoms with Gasteiger partial charge in [-0.15, -0.1) is 11.3 Å². The molecular formula is C22H17NO6S. The number of esters is 1. The molecule has 30 heavy (non-hydrogen) atoms. The quantitative estimate of drug-likeness (QED) is 0.361. The molecule has 1 amide bonds. The van der Waals surface area contributed by atoms with Crippen LogP contribution in [0, 0.1) is 0 Å². The molecule has 4 aromatic rings. The van der Waals surface area contributed by atoms with Crippen molar-refractivity contribution in [1.29, 1.82) is 0 Å². The Morgan fingerprint density at radius 3 is 2.73 bits per heavy atom. The fraction of sp³-hybridized carbons (Fsp3) is 0.136. The maximum Gasteiger partial charge on any atom is 0.411 e. The fourth-order valence-electron chi connectivity index (χ4n) is 3.07. The molecule has 0 saturated heterocycles. The molecule has 8 heteroatoms. The second-order valence-corrected chi connectivity index (χ2v) is 7.28. The van der Waals surface area contributed by atoms with Gasteiger partial charge in [0, 0.05) is 44.2 Å². The van der Waals surface area contributed by atoms with E-state index in [-0.39, 0.29) is 18.8 Å². The molecule has 7 nitrogen and oxygen atoms in total. The number of rotatable bonds is 5. The summed E-state index contributed by atoms with van der Waals surface area (Å²) >= 11 is 1.47. The van der Waals surface area contributed by atoms with E-state index >= 15 is 0 Å². The average Bonchev–Trinajstić information content (AvgIpc) is 3.16. The number of anilines is 1. The number of thiophene rings is 1. The molecule has 1 N–H and O–H groups in total. The zero-order valence-electron chi connectivity index (χ0n) is 16.0. The highest BCUT2D eigenvalue weighted by molar-refractivity contribution is 7.17. The summed E-state index contributed by atoms with van der Waals surface area (Å²) in [7, 11) is 0. The van der Waals surface area contributed by atoms with Crippen molar-refractivity contribution < 1.29 is 23.5 Å². The average molecular weight is 423 g/mol. The summed E-state index contributed by atoms with van der Waals surface area (Å²) in [4.78, 5) is 36.1. The van der Waals surface area contributed by atoms with Crippen LogP contribution >= 0.6 is 11.3 Å². The van der Waals surface area contributed by atoms with Crippen molar-refractivity contribution in [1.82, 2.24) is 0 Å². The Balaban J connectivity index is 1.57. The summed E-state index contributed by atoms with van der Waals surface area (Å²) < 4.78 is 16.5. The minimum absolute atomic E-state index is 0.0875. The number of carbonyl (C=O) groups excluding carboxylic acids is 2. The molecule has 0 radical (unpaired) electrons. The number of benzene rings is 2. The Morgan fingerprint density at radius 1 is 1.07 bits per heavy atom. The van der Waals surface area contributed by atoms with Gasteiger partial charge in [-0.3, -0.25) is 5.32 Å². The summed E-state index contributed by atoms with van der Waals surface area (Å²) in [5.74, 6) is -0.463. The lowest BCUT2D eigenvalue weighted by Crippen LogP contribution is -2.13. The molecule has 152 valence electrons. The first kappa shape index (κ1) is 19.7. The van der Waals surface area contributed by atoms with Gasteiger partial charge in [0.2, 0.25) is 0 Å². The molecule has 0 aliphatic carbocycles. The lowest BCUT2D eigenvalue weighted by Gasteiger charge is -2.09. The van der Waals surface area contributed by atoms with Gasteiger partial charge in [0.15, 0.2) is 0 Å². The van der Waals surface area contributed by atoms with E-state index in [1.54, 1.807) is 24.4 Å². The first-order valence-corrected chi connectivity index (χ1v) is 10.1. The van der Waals surface area contributed by atoms with Gasteiger partial charge in [0.05, 0.1) is 12.2 Å². The van der Waals surface area contributed by atoms with E-state index in [1.807, 2.05) is 24.3 Å². The highest BCUT2D eigenvalue weighted by atomic mass is 32.1. The van der Waals surface area contributed by atoms with Gasteiger partial charge in [-0.25, -0.2) is 14.4 Å². The molecule has 0 bridgehead atoms. The number of nitrogens with one attached hydrogen (secondary N) is 1. The number of hydrogen-bond donors (Lipinski definition) is 1. The van der Waals surface area contributed by atoms with Crippen LogP contribution in [-0.2, 0) is 16.1 Å². The van der Waals surface area contributed by atoms with Gasteiger partial charge in [-0.2, -0.15) is 0 Å². The number of ether oxygens (including phenoxy) is 2. The van der Waals surface area contributed by atoms with Gasteiger partial charge >= 0.3 is 17.7 Å². The van der Waals surface area contributed by atoms with Gasteiger partial charge < -0.3 is 13.9 Å². The summed E-state index contributed by atoms with van der Waals surface area (Å²) in [5.41, 5.74) is 1.11. The predicted molar refractivity (Wildman–Crippen MR) is 114 cm³/mol. The van der Waals surface area contributed by atoms with Crippen LogP contribution in [0.5, 0.6) is 0 Å². The summed E-state index contributed by atoms with van der Waals surface area (Å²) in [5, 5.41) is 5.75. The topological polar surface area (TPSA) is 94.8 Å². The molecule has 0 atom stereocenters. The van der Waals surface area contributed by atoms with Crippen LogP contribution in [-0.4, -0.2) is 18.7 Å². The van der Waals surface area contributed by atoms with E-state index < -0.39 is 17.7 Å². The molecule has 0 aliphatic heterocycles. The van der Waals surface area contributed by atoms with E-state index in [1.165, 1.54) is 23.5 Å². The van der Waals surface area contributed by atoms with Crippen LogP contribution in [0.2, 0.25) is 0 Å². The van der Waals surface area contributed by atoms with Crippen LogP contribution in [0.4, 0.5) is 10.5 Å². The van der Waals surface area contributed by atoms with Crippen LogP contribution in [0.3, 0.4) is 0 Å². The lowest BCUT2D eigenvalue weighted by molar-refractivity contribution is 0.0476. The predicted octanol–water partition coefficient (Wildman–Crippen LogP) is 4.93. The standard InChI is InChI=1S/C22H17NO6S/c1-2-27-22(26)23-14-7-8-15-13(9-20(24)29-18(15)10-14)11-28-21(25)17-12-30-19-6-4-3-5-16(17)19/h3-10,12H,2,11H2,1H3,(H,23,26). The maximum absolute atomic E-state index is 12.6. The molecule has 2 aromatic heterocycles. The van der Waals surface area contributed by atoms with Crippen molar-refractivity contribution in [3.63, 3.8) is 0 Å². The van der Waals surface area contributed by atoms with Crippen molar-refractivity contribution >= 4 is 50.1 Å². The zero-order valence-corrected chi connectivity index (χ0v) is 16.8. The smallest absolute Gasteiger partial charge is 0.411 e. The SMILES string of the molecule is CCOC(=O)Nc1ccc2c(COC(=O)c3csc4ccccc34)cc(=O)oc2c1. The number of hydrogen-bond acceptors (Lipinski definition) is 7. The van der Waals surface area contributed by atoms with E-state index in [0.29, 0.717) is 22.2 Å². The maximum atomic E-state index is 12.6. The van der Waals surface area contributed by atoms with Crippen molar-refractivity contribution in [3.8, 4) is 0 Å². The summed E-state index contributed by atoms with van der Waals surface area (Å²) in [6.45, 7) is 1.85. The normalized spacial score (nSPS) is 10.8. The monoisotopic (exact) mass is 423 g/mol. The third-order valence-corrected chi connectivity index (χ3v) is 5.38. The van der Waals surface area contributed by atoms with Crippen LogP contribution < -0.4 is 10.9 Å². The fourth-order valence-corrected chi connectivity index (χ4v) is 4.00. The largest absolute Gasteiger partial charge is 0.457 e. The minimum atomic E-state index is -0.604. The van der Waals surface area contributed by atoms with Crippen molar-refractivity contribution in [2.45, 2.75) is 13.5 Å². The summed E-state index contributed by atoms with van der Waals surface area (Å²) in [6, 6.07) is 13.7. The molecule has 0 fully saturated rings. The number of carbonyl (C=O) groups is 2. The van der Waals surface area contributed by atoms with Gasteiger partial charge in [-0.1, -0.05) is 18.2 Å². The molecule has 2 aromatic carbocycles. The van der Waals surface area contributed by atoms with Crippen molar-refractivity contribution in [3.05, 3.63) is 75.5 Å². The van der Waals surface area contributed by atoms with Crippen molar-refractivity contribution in [2.24, 2.45) is 0 Å². The Bertz CT molecular complexity index is 1310. The second-order valence-electron chi connectivity index (χ2n) is 6.37. The molecule has 0 saturated carbocycles. The van der Waals surface area contributed by atoms with Gasteiger partial charge in [-0.05, 0) is 25.1 Å². The lowest BCUT2D eigenvalue weighted by atomic mass is 10.1. The van der Waals surface area contributed by atoms with E-state index in [9.17, 15) is 14.4 Å². The third kappa shape index (κ3) is 4.04. The van der Waals surface area contributed by atoms with E-state index in [4.69, 9.17) is 13.9 Å². The molecular weight excluding hydrogens is 406 g/mol. The third-order valence-electron chi connectivity index (χ3n) is 4.41. The van der Waals surface area contributed by atoms with Crippen LogP contribution in [0.1, 0.15) is 22.8 Å². The minimum Gasteiger partial charge on any atom is -0.457 e. The van der Waals surface area contributed by atoms with E-state index in [0.717, 1.165) is 10.1 Å². The van der Waals surface area contributed by atoms with Crippen LogP contribution in [0.25, 0.3) is 21.1 Å². The molecule has 2 heterocycles. The number of fused-ring (bicyclic) bond motifs is 2.